The lowest BCUT2D eigenvalue weighted by Gasteiger charge is -2.25. The van der Waals surface area contributed by atoms with Crippen LogP contribution in [0.25, 0.3) is 11.0 Å². The molecule has 0 aliphatic carbocycles. The molecule has 0 radical (unpaired) electrons. The summed E-state index contributed by atoms with van der Waals surface area (Å²) in [6, 6.07) is 8.37. The number of nitrogens with zero attached hydrogens (tertiary/aromatic N) is 3. The number of esters is 1. The monoisotopic (exact) mass is 493 g/mol. The Morgan fingerprint density at radius 3 is 2.56 bits per heavy atom. The molecule has 10 nitrogen and oxygen atoms in total. The first-order valence-electron chi connectivity index (χ1n) is 11.6. The van der Waals surface area contributed by atoms with Gasteiger partial charge in [-0.05, 0) is 29.8 Å². The van der Waals surface area contributed by atoms with Gasteiger partial charge in [0.1, 0.15) is 11.5 Å². The molecule has 1 atom stereocenters. The summed E-state index contributed by atoms with van der Waals surface area (Å²) in [4.78, 5) is 40.0. The summed E-state index contributed by atoms with van der Waals surface area (Å²) in [6.45, 7) is 2.38. The van der Waals surface area contributed by atoms with Crippen molar-refractivity contribution in [1.82, 2.24) is 14.0 Å². The van der Waals surface area contributed by atoms with Gasteiger partial charge in [0.25, 0.3) is 0 Å². The van der Waals surface area contributed by atoms with E-state index in [1.165, 1.54) is 28.4 Å². The number of hydrogen-bond donors (Lipinski definition) is 1. The topological polar surface area (TPSA) is 112 Å². The average Bonchev–Trinajstić information content (AvgIpc) is 3.31. The largest absolute Gasteiger partial charge is 0.508 e. The molecule has 0 spiro atoms. The molecule has 0 saturated carbocycles. The average molecular weight is 494 g/mol. The summed E-state index contributed by atoms with van der Waals surface area (Å²) >= 11 is 0. The van der Waals surface area contributed by atoms with Gasteiger partial charge < -0.3 is 24.2 Å². The minimum atomic E-state index is -0.692. The predicted molar refractivity (Wildman–Crippen MR) is 130 cm³/mol. The van der Waals surface area contributed by atoms with Crippen molar-refractivity contribution < 1.29 is 28.9 Å². The first kappa shape index (κ1) is 23.7. The Bertz CT molecular complexity index is 1460. The van der Waals surface area contributed by atoms with Crippen LogP contribution in [0, 0.1) is 0 Å². The van der Waals surface area contributed by atoms with Crippen molar-refractivity contribution >= 4 is 22.8 Å². The van der Waals surface area contributed by atoms with Crippen molar-refractivity contribution in [2.45, 2.75) is 12.3 Å². The molecule has 2 aliphatic heterocycles. The second kappa shape index (κ2) is 9.19. The smallest absolute Gasteiger partial charge is 0.328 e. The third-order valence-electron chi connectivity index (χ3n) is 6.84. The summed E-state index contributed by atoms with van der Waals surface area (Å²) in [5.41, 5.74) is 2.52. The molecule has 1 N–H and O–H groups in total. The van der Waals surface area contributed by atoms with E-state index in [1.807, 2.05) is 11.0 Å². The van der Waals surface area contributed by atoms with Crippen molar-refractivity contribution in [2.24, 2.45) is 14.1 Å². The normalized spacial score (nSPS) is 17.4. The van der Waals surface area contributed by atoms with Crippen LogP contribution >= 0.6 is 0 Å². The fraction of sp³-hybridized carbons (Fsp3) is 0.346. The molecule has 36 heavy (non-hydrogen) atoms. The highest BCUT2D eigenvalue weighted by molar-refractivity contribution is 6.12. The highest BCUT2D eigenvalue weighted by Gasteiger charge is 2.36. The molecule has 0 bridgehead atoms. The zero-order valence-corrected chi connectivity index (χ0v) is 20.3. The Kier molecular flexibility index (Phi) is 6.05. The molecule has 0 amide bonds. The molecule has 3 aromatic rings. The quantitative estimate of drug-likeness (QED) is 0.425. The number of imidazole rings is 1. The number of phenolic OH excluding ortho intramolecular Hbond substituents is 1. The van der Waals surface area contributed by atoms with Crippen LogP contribution in [0.2, 0.25) is 0 Å². The number of Topliss-reactive ketones (excluding diaryl/α,β-unsaturated/α-hetero) is 1. The van der Waals surface area contributed by atoms with Gasteiger partial charge >= 0.3 is 11.7 Å². The fourth-order valence-corrected chi connectivity index (χ4v) is 4.84. The highest BCUT2D eigenvalue weighted by Crippen LogP contribution is 2.46. The van der Waals surface area contributed by atoms with Crippen LogP contribution in [-0.2, 0) is 28.4 Å². The summed E-state index contributed by atoms with van der Waals surface area (Å²) in [6.07, 6.45) is 1.57. The molecule has 1 saturated heterocycles. The second-order valence-corrected chi connectivity index (χ2v) is 8.93. The number of carbonyl (C=O) groups excluding carboxylic acids is 2. The van der Waals surface area contributed by atoms with Crippen LogP contribution in [0.5, 0.6) is 11.5 Å². The molecule has 188 valence electrons. The number of benzene rings is 2. The van der Waals surface area contributed by atoms with Crippen LogP contribution in [0.1, 0.15) is 33.8 Å². The first-order valence-corrected chi connectivity index (χ1v) is 11.6. The number of phenols is 1. The number of ether oxygens (including phenoxy) is 3. The van der Waals surface area contributed by atoms with Crippen LogP contribution in [0.15, 0.2) is 47.1 Å². The highest BCUT2D eigenvalue weighted by atomic mass is 16.5. The molecule has 3 heterocycles. The van der Waals surface area contributed by atoms with Gasteiger partial charge in [-0.15, -0.1) is 0 Å². The molecule has 0 unspecified atom stereocenters. The standard InChI is InChI=1S/C26H27N3O7/c1-27-18-6-4-15(12-19(18)28(2)26(27)33)17(13-22(31)34-3)23-20(30)7-5-16-24(32)21(36-25(16)23)14-29-8-10-35-11-9-29/h4-7,12,14,17,30H,8-11,13H2,1-3H3/b21-14-/t17-/m1/s1. The van der Waals surface area contributed by atoms with E-state index >= 15 is 0 Å². The first-order chi connectivity index (χ1) is 17.3. The third-order valence-corrected chi connectivity index (χ3v) is 6.84. The van der Waals surface area contributed by atoms with Crippen molar-refractivity contribution in [1.29, 1.82) is 0 Å². The van der Waals surface area contributed by atoms with Gasteiger partial charge in [0.05, 0.1) is 43.3 Å². The molecule has 2 aliphatic rings. The van der Waals surface area contributed by atoms with Gasteiger partial charge in [-0.1, -0.05) is 6.07 Å². The Balaban J connectivity index is 1.63. The van der Waals surface area contributed by atoms with Crippen molar-refractivity contribution in [3.05, 3.63) is 69.5 Å². The van der Waals surface area contributed by atoms with Gasteiger partial charge in [0.2, 0.25) is 5.78 Å². The minimum absolute atomic E-state index is 0.104. The van der Waals surface area contributed by atoms with Gasteiger partial charge in [0.15, 0.2) is 5.76 Å². The van der Waals surface area contributed by atoms with Gasteiger partial charge in [-0.25, -0.2) is 4.79 Å². The van der Waals surface area contributed by atoms with E-state index < -0.39 is 11.9 Å². The number of morpholine rings is 1. The van der Waals surface area contributed by atoms with Gasteiger partial charge in [-0.3, -0.25) is 18.7 Å². The zero-order valence-electron chi connectivity index (χ0n) is 20.3. The third kappa shape index (κ3) is 3.93. The molecular formula is C26H27N3O7. The lowest BCUT2D eigenvalue weighted by Crippen LogP contribution is -2.32. The van der Waals surface area contributed by atoms with E-state index in [1.54, 1.807) is 32.4 Å². The summed E-state index contributed by atoms with van der Waals surface area (Å²) in [5, 5.41) is 11.0. The second-order valence-electron chi connectivity index (χ2n) is 8.93. The number of hydrogen-bond acceptors (Lipinski definition) is 8. The SMILES string of the molecule is COC(=O)C[C@H](c1ccc2c(c1)n(C)c(=O)n2C)c1c(O)ccc2c1O/C(=C\N1CCOCC1)C2=O. The van der Waals surface area contributed by atoms with Gasteiger partial charge in [0, 0.05) is 44.9 Å². The zero-order chi connectivity index (χ0) is 25.6. The molecule has 1 aromatic heterocycles. The Morgan fingerprint density at radius 2 is 1.83 bits per heavy atom. The number of allylic oxidation sites excluding steroid dienone is 1. The maximum Gasteiger partial charge on any atom is 0.328 e. The number of aromatic nitrogens is 2. The number of carbonyl (C=O) groups is 2. The van der Waals surface area contributed by atoms with E-state index in [0.29, 0.717) is 48.5 Å². The molecule has 1 fully saturated rings. The molecule has 5 rings (SSSR count). The number of aromatic hydroxyl groups is 1. The lowest BCUT2D eigenvalue weighted by atomic mass is 9.86. The van der Waals surface area contributed by atoms with Crippen LogP contribution in [0.3, 0.4) is 0 Å². The maximum absolute atomic E-state index is 13.2. The number of rotatable bonds is 5. The molecular weight excluding hydrogens is 466 g/mol. The van der Waals surface area contributed by atoms with E-state index in [4.69, 9.17) is 14.2 Å². The summed E-state index contributed by atoms with van der Waals surface area (Å²) in [7, 11) is 4.65. The summed E-state index contributed by atoms with van der Waals surface area (Å²) in [5.74, 6) is -1.22. The van der Waals surface area contributed by atoms with Crippen LogP contribution in [-0.4, -0.2) is 64.3 Å². The van der Waals surface area contributed by atoms with Crippen molar-refractivity contribution in [3.63, 3.8) is 0 Å². The Morgan fingerprint density at radius 1 is 1.11 bits per heavy atom. The van der Waals surface area contributed by atoms with Crippen molar-refractivity contribution in [3.8, 4) is 11.5 Å². The van der Waals surface area contributed by atoms with E-state index in [9.17, 15) is 19.5 Å². The van der Waals surface area contributed by atoms with Crippen molar-refractivity contribution in [2.75, 3.05) is 33.4 Å². The number of aryl methyl sites for hydroxylation is 2. The summed E-state index contributed by atoms with van der Waals surface area (Å²) < 4.78 is 19.4. The van der Waals surface area contributed by atoms with E-state index in [-0.39, 0.29) is 35.2 Å². The molecule has 10 heteroatoms. The van der Waals surface area contributed by atoms with E-state index in [0.717, 1.165) is 5.52 Å². The number of methoxy groups -OCH3 is 1. The van der Waals surface area contributed by atoms with Crippen LogP contribution in [0.4, 0.5) is 0 Å². The van der Waals surface area contributed by atoms with Gasteiger partial charge in [-0.2, -0.15) is 0 Å². The molecule has 2 aromatic carbocycles. The van der Waals surface area contributed by atoms with Crippen LogP contribution < -0.4 is 10.4 Å². The van der Waals surface area contributed by atoms with E-state index in [2.05, 4.69) is 0 Å². The Hall–Kier alpha value is -4.05. The number of ketones is 1. The minimum Gasteiger partial charge on any atom is -0.508 e. The fourth-order valence-electron chi connectivity index (χ4n) is 4.84. The lowest BCUT2D eigenvalue weighted by molar-refractivity contribution is -0.140. The number of fused-ring (bicyclic) bond motifs is 2. The maximum atomic E-state index is 13.2. The Labute approximate surface area is 206 Å². The predicted octanol–water partition coefficient (Wildman–Crippen LogP) is 2.03.